The van der Waals surface area contributed by atoms with Gasteiger partial charge in [0.2, 0.25) is 5.89 Å². The molecule has 96 valence electrons. The van der Waals surface area contributed by atoms with Crippen molar-refractivity contribution in [3.63, 3.8) is 0 Å². The molecule has 0 atom stereocenters. The fourth-order valence-corrected chi connectivity index (χ4v) is 2.42. The SMILES string of the molecule is Cc1ccnc(SCc2nc3c(N)cccc3o2)n1. The summed E-state index contributed by atoms with van der Waals surface area (Å²) >= 11 is 1.49. The molecule has 0 aliphatic heterocycles. The first kappa shape index (κ1) is 12.0. The molecule has 3 rings (SSSR count). The second-order valence-electron chi connectivity index (χ2n) is 4.07. The Morgan fingerprint density at radius 3 is 2.95 bits per heavy atom. The Labute approximate surface area is 114 Å². The van der Waals surface area contributed by atoms with Crippen molar-refractivity contribution in [3.05, 3.63) is 42.0 Å². The summed E-state index contributed by atoms with van der Waals surface area (Å²) in [5.41, 5.74) is 8.84. The van der Waals surface area contributed by atoms with Gasteiger partial charge >= 0.3 is 0 Å². The summed E-state index contributed by atoms with van der Waals surface area (Å²) in [6.07, 6.45) is 1.74. The van der Waals surface area contributed by atoms with Gasteiger partial charge in [0, 0.05) is 11.9 Å². The number of nitrogen functional groups attached to an aromatic ring is 1. The molecule has 6 heteroatoms. The van der Waals surface area contributed by atoms with Crippen LogP contribution in [0.5, 0.6) is 0 Å². The van der Waals surface area contributed by atoms with E-state index in [0.29, 0.717) is 28.4 Å². The lowest BCUT2D eigenvalue weighted by atomic mass is 10.3. The molecule has 0 aliphatic carbocycles. The van der Waals surface area contributed by atoms with E-state index in [0.717, 1.165) is 10.9 Å². The van der Waals surface area contributed by atoms with E-state index >= 15 is 0 Å². The van der Waals surface area contributed by atoms with Crippen molar-refractivity contribution < 1.29 is 4.42 Å². The highest BCUT2D eigenvalue weighted by Gasteiger charge is 2.09. The first-order valence-electron chi connectivity index (χ1n) is 5.79. The van der Waals surface area contributed by atoms with Crippen LogP contribution in [0.25, 0.3) is 11.1 Å². The fraction of sp³-hybridized carbons (Fsp3) is 0.154. The second-order valence-corrected chi connectivity index (χ2v) is 5.01. The van der Waals surface area contributed by atoms with E-state index in [1.807, 2.05) is 31.2 Å². The molecule has 0 fully saturated rings. The smallest absolute Gasteiger partial charge is 0.206 e. The number of para-hydroxylation sites is 1. The van der Waals surface area contributed by atoms with Crippen LogP contribution in [0.4, 0.5) is 5.69 Å². The number of fused-ring (bicyclic) bond motifs is 1. The molecule has 0 unspecified atom stereocenters. The van der Waals surface area contributed by atoms with Gasteiger partial charge in [-0.25, -0.2) is 15.0 Å². The maximum atomic E-state index is 5.84. The van der Waals surface area contributed by atoms with Crippen LogP contribution in [0.3, 0.4) is 0 Å². The number of aryl methyl sites for hydroxylation is 1. The Balaban J connectivity index is 1.80. The molecule has 19 heavy (non-hydrogen) atoms. The minimum atomic E-state index is 0.581. The van der Waals surface area contributed by atoms with Crippen molar-refractivity contribution in [2.45, 2.75) is 17.8 Å². The predicted molar refractivity (Wildman–Crippen MR) is 74.8 cm³/mol. The third kappa shape index (κ3) is 2.53. The quantitative estimate of drug-likeness (QED) is 0.449. The van der Waals surface area contributed by atoms with E-state index in [1.54, 1.807) is 6.20 Å². The van der Waals surface area contributed by atoms with Crippen molar-refractivity contribution in [2.24, 2.45) is 0 Å². The molecular weight excluding hydrogens is 260 g/mol. The standard InChI is InChI=1S/C13H12N4OS/c1-8-5-6-15-13(16-8)19-7-11-17-12-9(14)3-2-4-10(12)18-11/h2-6H,7,14H2,1H3. The zero-order valence-corrected chi connectivity index (χ0v) is 11.1. The molecule has 1 aromatic carbocycles. The summed E-state index contributed by atoms with van der Waals surface area (Å²) in [5, 5.41) is 0.718. The molecule has 0 spiro atoms. The summed E-state index contributed by atoms with van der Waals surface area (Å²) in [6.45, 7) is 1.94. The summed E-state index contributed by atoms with van der Waals surface area (Å²) in [4.78, 5) is 12.9. The minimum absolute atomic E-state index is 0.581. The lowest BCUT2D eigenvalue weighted by Crippen LogP contribution is -1.89. The third-order valence-corrected chi connectivity index (χ3v) is 3.44. The monoisotopic (exact) mass is 272 g/mol. The van der Waals surface area contributed by atoms with E-state index in [2.05, 4.69) is 15.0 Å². The number of anilines is 1. The Kier molecular flexibility index (Phi) is 3.08. The molecule has 0 radical (unpaired) electrons. The third-order valence-electron chi connectivity index (χ3n) is 2.59. The summed E-state index contributed by atoms with van der Waals surface area (Å²) in [7, 11) is 0. The van der Waals surface area contributed by atoms with E-state index in [1.165, 1.54) is 11.8 Å². The number of thioether (sulfide) groups is 1. The van der Waals surface area contributed by atoms with Crippen LogP contribution in [0.15, 0.2) is 40.0 Å². The van der Waals surface area contributed by atoms with Crippen LogP contribution in [-0.2, 0) is 5.75 Å². The molecule has 0 amide bonds. The van der Waals surface area contributed by atoms with E-state index in [4.69, 9.17) is 10.2 Å². The highest BCUT2D eigenvalue weighted by molar-refractivity contribution is 7.98. The number of oxazole rings is 1. The van der Waals surface area contributed by atoms with Gasteiger partial charge in [0.05, 0.1) is 11.4 Å². The molecule has 0 saturated heterocycles. The van der Waals surface area contributed by atoms with E-state index in [9.17, 15) is 0 Å². The fourth-order valence-electron chi connectivity index (χ4n) is 1.70. The van der Waals surface area contributed by atoms with Gasteiger partial charge in [-0.3, -0.25) is 0 Å². The minimum Gasteiger partial charge on any atom is -0.440 e. The Morgan fingerprint density at radius 2 is 2.16 bits per heavy atom. The topological polar surface area (TPSA) is 77.8 Å². The largest absolute Gasteiger partial charge is 0.440 e. The van der Waals surface area contributed by atoms with Gasteiger partial charge in [0.25, 0.3) is 0 Å². The summed E-state index contributed by atoms with van der Waals surface area (Å²) < 4.78 is 5.63. The molecule has 3 aromatic rings. The second kappa shape index (κ2) is 4.89. The van der Waals surface area contributed by atoms with E-state index in [-0.39, 0.29) is 0 Å². The average Bonchev–Trinajstić information content (AvgIpc) is 2.81. The lowest BCUT2D eigenvalue weighted by Gasteiger charge is -1.97. The zero-order chi connectivity index (χ0) is 13.2. The number of hydrogen-bond donors (Lipinski definition) is 1. The molecular formula is C13H12N4OS. The van der Waals surface area contributed by atoms with Gasteiger partial charge in [0.1, 0.15) is 5.52 Å². The summed E-state index contributed by atoms with van der Waals surface area (Å²) in [6, 6.07) is 7.38. The molecule has 2 aromatic heterocycles. The first-order valence-corrected chi connectivity index (χ1v) is 6.77. The van der Waals surface area contributed by atoms with Crippen LogP contribution in [0.1, 0.15) is 11.6 Å². The summed E-state index contributed by atoms with van der Waals surface area (Å²) in [5.74, 6) is 1.21. The number of benzene rings is 1. The van der Waals surface area contributed by atoms with Gasteiger partial charge < -0.3 is 10.2 Å². The lowest BCUT2D eigenvalue weighted by molar-refractivity contribution is 0.556. The molecule has 0 saturated carbocycles. The molecule has 2 heterocycles. The van der Waals surface area contributed by atoms with Gasteiger partial charge in [0.15, 0.2) is 10.7 Å². The highest BCUT2D eigenvalue weighted by Crippen LogP contribution is 2.25. The highest BCUT2D eigenvalue weighted by atomic mass is 32.2. The van der Waals surface area contributed by atoms with Gasteiger partial charge in [-0.2, -0.15) is 0 Å². The first-order chi connectivity index (χ1) is 9.22. The Bertz CT molecular complexity index is 725. The molecule has 2 N–H and O–H groups in total. The van der Waals surface area contributed by atoms with Crippen LogP contribution in [0.2, 0.25) is 0 Å². The zero-order valence-electron chi connectivity index (χ0n) is 10.3. The Morgan fingerprint density at radius 1 is 1.26 bits per heavy atom. The van der Waals surface area contributed by atoms with E-state index < -0.39 is 0 Å². The van der Waals surface area contributed by atoms with Gasteiger partial charge in [-0.05, 0) is 25.1 Å². The van der Waals surface area contributed by atoms with Crippen molar-refractivity contribution in [2.75, 3.05) is 5.73 Å². The maximum absolute atomic E-state index is 5.84. The number of nitrogens with zero attached hydrogens (tertiary/aromatic N) is 3. The molecule has 0 bridgehead atoms. The predicted octanol–water partition coefficient (Wildman–Crippen LogP) is 2.80. The number of aromatic nitrogens is 3. The number of rotatable bonds is 3. The van der Waals surface area contributed by atoms with Crippen molar-refractivity contribution in [1.82, 2.24) is 15.0 Å². The van der Waals surface area contributed by atoms with Crippen molar-refractivity contribution in [1.29, 1.82) is 0 Å². The van der Waals surface area contributed by atoms with Crippen LogP contribution >= 0.6 is 11.8 Å². The maximum Gasteiger partial charge on any atom is 0.206 e. The number of hydrogen-bond acceptors (Lipinski definition) is 6. The van der Waals surface area contributed by atoms with Crippen LogP contribution in [-0.4, -0.2) is 15.0 Å². The average molecular weight is 272 g/mol. The molecule has 5 nitrogen and oxygen atoms in total. The van der Waals surface area contributed by atoms with Crippen LogP contribution in [0, 0.1) is 6.92 Å². The van der Waals surface area contributed by atoms with Gasteiger partial charge in [-0.15, -0.1) is 0 Å². The van der Waals surface area contributed by atoms with Crippen LogP contribution < -0.4 is 5.73 Å². The normalized spacial score (nSPS) is 11.0. The van der Waals surface area contributed by atoms with Gasteiger partial charge in [-0.1, -0.05) is 17.8 Å². The van der Waals surface area contributed by atoms with Crippen molar-refractivity contribution >= 4 is 28.5 Å². The van der Waals surface area contributed by atoms with Crippen molar-refractivity contribution in [3.8, 4) is 0 Å². The molecule has 0 aliphatic rings. The number of nitrogens with two attached hydrogens (primary N) is 1. The Hall–Kier alpha value is -2.08.